The van der Waals surface area contributed by atoms with Gasteiger partial charge in [0.2, 0.25) is 0 Å². The number of nitrogens with two attached hydrogens (primary N) is 1. The Morgan fingerprint density at radius 3 is 2.82 bits per heavy atom. The lowest BCUT2D eigenvalue weighted by molar-refractivity contribution is -0.114. The maximum atomic E-state index is 12.1. The summed E-state index contributed by atoms with van der Waals surface area (Å²) in [6, 6.07) is 6.09. The van der Waals surface area contributed by atoms with Crippen LogP contribution in [0.4, 0.5) is 0 Å². The van der Waals surface area contributed by atoms with E-state index in [2.05, 4.69) is 21.9 Å². The van der Waals surface area contributed by atoms with Gasteiger partial charge in [-0.25, -0.2) is 5.43 Å². The summed E-state index contributed by atoms with van der Waals surface area (Å²) in [7, 11) is 0. The van der Waals surface area contributed by atoms with Gasteiger partial charge in [-0.05, 0) is 38.8 Å². The number of nitrogens with one attached hydrogen (secondary N) is 3. The number of fused-ring (bicyclic) bond motifs is 1. The summed E-state index contributed by atoms with van der Waals surface area (Å²) in [6.07, 6.45) is 1.62. The lowest BCUT2D eigenvalue weighted by Crippen LogP contribution is -2.43. The molecular weight excluding hydrogens is 358 g/mol. The van der Waals surface area contributed by atoms with Crippen LogP contribution in [0.1, 0.15) is 29.7 Å². The Bertz CT molecular complexity index is 1030. The molecule has 1 aromatic heterocycles. The maximum absolute atomic E-state index is 12.1. The van der Waals surface area contributed by atoms with Crippen LogP contribution in [-0.4, -0.2) is 36.7 Å². The van der Waals surface area contributed by atoms with E-state index in [-0.39, 0.29) is 23.2 Å². The Morgan fingerprint density at radius 2 is 2.07 bits per heavy atom. The number of furan rings is 1. The minimum absolute atomic E-state index is 0.0789. The molecule has 5 N–H and O–H groups in total. The fourth-order valence-corrected chi connectivity index (χ4v) is 3.59. The molecule has 0 unspecified atom stereocenters. The number of nitrogens with zero attached hydrogens (tertiary/aromatic N) is 1. The second-order valence-corrected chi connectivity index (χ2v) is 7.15. The molecule has 0 saturated carbocycles. The van der Waals surface area contributed by atoms with E-state index in [0.717, 1.165) is 34.9 Å². The Labute approximate surface area is 162 Å². The highest BCUT2D eigenvalue weighted by atomic mass is 16.5. The molecule has 1 amide bonds. The number of benzene rings is 1. The molecule has 0 aliphatic carbocycles. The van der Waals surface area contributed by atoms with Crippen LogP contribution >= 0.6 is 0 Å². The van der Waals surface area contributed by atoms with Crippen molar-refractivity contribution >= 4 is 34.1 Å². The van der Waals surface area contributed by atoms with E-state index in [1.54, 1.807) is 0 Å². The molecule has 2 aliphatic rings. The highest BCUT2D eigenvalue weighted by molar-refractivity contribution is 6.53. The molecule has 1 aromatic carbocycles. The van der Waals surface area contributed by atoms with E-state index >= 15 is 0 Å². The Hall–Kier alpha value is -3.13. The lowest BCUT2D eigenvalue weighted by atomic mass is 9.99. The molecule has 0 atom stereocenters. The summed E-state index contributed by atoms with van der Waals surface area (Å²) < 4.78 is 11.6. The van der Waals surface area contributed by atoms with E-state index in [4.69, 9.17) is 20.3 Å². The van der Waals surface area contributed by atoms with Crippen LogP contribution in [-0.2, 0) is 9.53 Å². The molecule has 2 aliphatic heterocycles. The minimum atomic E-state index is -0.597. The van der Waals surface area contributed by atoms with Gasteiger partial charge in [0.25, 0.3) is 5.91 Å². The second-order valence-electron chi connectivity index (χ2n) is 7.15. The number of hydrogen-bond acceptors (Lipinski definition) is 7. The topological polar surface area (TPSA) is 126 Å². The standard InChI is InChI=1S/C20H23N5O3/c1-10-3-4-14-13(9-10)11(2)18(28-14)17(23-12-5-7-27-8-6-12)15-16(21)20(26)25-24-19(15)22/h3-4,9,12,21,23H,5-8H2,1-2H3,(H2,22,24)(H,25,26)/b17-15+,21-16?. The zero-order valence-electron chi connectivity index (χ0n) is 15.9. The Morgan fingerprint density at radius 1 is 1.32 bits per heavy atom. The number of hydrogen-bond donors (Lipinski definition) is 4. The van der Waals surface area contributed by atoms with Crippen molar-refractivity contribution in [2.75, 3.05) is 13.2 Å². The van der Waals surface area contributed by atoms with Crippen LogP contribution in [0.25, 0.3) is 16.7 Å². The quantitative estimate of drug-likeness (QED) is 0.646. The first-order valence-electron chi connectivity index (χ1n) is 9.27. The molecule has 146 valence electrons. The van der Waals surface area contributed by atoms with Gasteiger partial charge >= 0.3 is 0 Å². The molecule has 4 rings (SSSR count). The van der Waals surface area contributed by atoms with E-state index in [0.29, 0.717) is 24.7 Å². The number of rotatable bonds is 3. The first kappa shape index (κ1) is 18.2. The van der Waals surface area contributed by atoms with Crippen molar-refractivity contribution in [1.29, 1.82) is 5.41 Å². The van der Waals surface area contributed by atoms with Crippen molar-refractivity contribution in [1.82, 2.24) is 10.7 Å². The molecule has 1 saturated heterocycles. The minimum Gasteiger partial charge on any atom is -0.454 e. The Kier molecular flexibility index (Phi) is 4.64. The number of hydrazone groups is 1. The van der Waals surface area contributed by atoms with E-state index < -0.39 is 5.91 Å². The molecule has 0 spiro atoms. The molecule has 28 heavy (non-hydrogen) atoms. The predicted octanol–water partition coefficient (Wildman–Crippen LogP) is 1.95. The lowest BCUT2D eigenvalue weighted by Gasteiger charge is -2.27. The summed E-state index contributed by atoms with van der Waals surface area (Å²) in [5.41, 5.74) is 11.7. The van der Waals surface area contributed by atoms with Gasteiger partial charge in [0.1, 0.15) is 11.3 Å². The fraction of sp³-hybridized carbons (Fsp3) is 0.350. The summed E-state index contributed by atoms with van der Waals surface area (Å²) in [5, 5.41) is 16.6. The number of ether oxygens (including phenoxy) is 1. The van der Waals surface area contributed by atoms with Gasteiger partial charge < -0.3 is 20.2 Å². The normalized spacial score (nSPS) is 20.1. The van der Waals surface area contributed by atoms with Crippen LogP contribution in [0, 0.1) is 19.3 Å². The van der Waals surface area contributed by atoms with Gasteiger partial charge in [0, 0.05) is 30.2 Å². The van der Waals surface area contributed by atoms with Crippen molar-refractivity contribution in [3.63, 3.8) is 0 Å². The highest BCUT2D eigenvalue weighted by Gasteiger charge is 2.31. The van der Waals surface area contributed by atoms with Gasteiger partial charge in [-0.15, -0.1) is 0 Å². The van der Waals surface area contributed by atoms with E-state index in [1.165, 1.54) is 0 Å². The molecule has 8 heteroatoms. The third kappa shape index (κ3) is 3.16. The van der Waals surface area contributed by atoms with Gasteiger partial charge in [-0.3, -0.25) is 10.2 Å². The van der Waals surface area contributed by atoms with Crippen molar-refractivity contribution in [3.05, 3.63) is 40.7 Å². The third-order valence-electron chi connectivity index (χ3n) is 5.15. The first-order chi connectivity index (χ1) is 13.5. The molecule has 8 nitrogen and oxygen atoms in total. The number of amidine groups is 1. The fourth-order valence-electron chi connectivity index (χ4n) is 3.59. The van der Waals surface area contributed by atoms with Gasteiger partial charge in [-0.1, -0.05) is 11.6 Å². The van der Waals surface area contributed by atoms with Crippen LogP contribution in [0.5, 0.6) is 0 Å². The third-order valence-corrected chi connectivity index (χ3v) is 5.15. The SMILES string of the molecule is Cc1ccc2oc(/C(NC3CCOCC3)=C3/C(=N)C(=O)NN=C3N)c(C)c2c1. The molecule has 3 heterocycles. The predicted molar refractivity (Wildman–Crippen MR) is 107 cm³/mol. The van der Waals surface area contributed by atoms with Crippen LogP contribution in [0.2, 0.25) is 0 Å². The molecular formula is C20H23N5O3. The summed E-state index contributed by atoms with van der Waals surface area (Å²) in [5.74, 6) is 0.0509. The average molecular weight is 381 g/mol. The van der Waals surface area contributed by atoms with Crippen LogP contribution < -0.4 is 16.5 Å². The second kappa shape index (κ2) is 7.12. The first-order valence-corrected chi connectivity index (χ1v) is 9.27. The smallest absolute Gasteiger partial charge is 0.290 e. The van der Waals surface area contributed by atoms with Crippen LogP contribution in [0.3, 0.4) is 0 Å². The van der Waals surface area contributed by atoms with Crippen LogP contribution in [0.15, 0.2) is 33.3 Å². The molecule has 1 fully saturated rings. The molecule has 2 aromatic rings. The van der Waals surface area contributed by atoms with Crippen molar-refractivity contribution < 1.29 is 13.9 Å². The van der Waals surface area contributed by atoms with E-state index in [9.17, 15) is 4.79 Å². The van der Waals surface area contributed by atoms with Crippen molar-refractivity contribution in [2.24, 2.45) is 10.8 Å². The zero-order valence-corrected chi connectivity index (χ0v) is 15.9. The number of carbonyl (C=O) groups is 1. The number of carbonyl (C=O) groups excluding carboxylic acids is 1. The van der Waals surface area contributed by atoms with Gasteiger partial charge in [-0.2, -0.15) is 5.10 Å². The summed E-state index contributed by atoms with van der Waals surface area (Å²) in [6.45, 7) is 5.30. The number of aryl methyl sites for hydroxylation is 2. The number of amides is 1. The molecule has 0 radical (unpaired) electrons. The highest BCUT2D eigenvalue weighted by Crippen LogP contribution is 2.32. The summed E-state index contributed by atoms with van der Waals surface area (Å²) in [4.78, 5) is 12.1. The maximum Gasteiger partial charge on any atom is 0.290 e. The Balaban J connectivity index is 1.91. The molecule has 0 bridgehead atoms. The van der Waals surface area contributed by atoms with Crippen molar-refractivity contribution in [2.45, 2.75) is 32.7 Å². The zero-order chi connectivity index (χ0) is 19.8. The monoisotopic (exact) mass is 381 g/mol. The van der Waals surface area contributed by atoms with Gasteiger partial charge in [0.15, 0.2) is 11.6 Å². The summed E-state index contributed by atoms with van der Waals surface area (Å²) >= 11 is 0. The van der Waals surface area contributed by atoms with Crippen molar-refractivity contribution in [3.8, 4) is 0 Å². The largest absolute Gasteiger partial charge is 0.454 e. The van der Waals surface area contributed by atoms with E-state index in [1.807, 2.05) is 26.0 Å². The average Bonchev–Trinajstić information content (AvgIpc) is 3.01. The van der Waals surface area contributed by atoms with Gasteiger partial charge in [0.05, 0.1) is 11.3 Å².